The maximum Gasteiger partial charge on any atom is 0.161 e. The van der Waals surface area contributed by atoms with Gasteiger partial charge in [0, 0.05) is 11.7 Å². The van der Waals surface area contributed by atoms with Crippen LogP contribution in [0.5, 0.6) is 0 Å². The number of ketones is 1. The number of rotatable bonds is 2. The van der Waals surface area contributed by atoms with Crippen LogP contribution in [0.3, 0.4) is 0 Å². The van der Waals surface area contributed by atoms with Crippen molar-refractivity contribution in [3.8, 4) is 0 Å². The van der Waals surface area contributed by atoms with Gasteiger partial charge < -0.3 is 0 Å². The molecule has 0 aromatic heterocycles. The summed E-state index contributed by atoms with van der Waals surface area (Å²) in [5.74, 6) is 0.116. The second-order valence-electron chi connectivity index (χ2n) is 1.30. The van der Waals surface area contributed by atoms with Crippen molar-refractivity contribution in [2.45, 2.75) is 13.3 Å². The van der Waals surface area contributed by atoms with Crippen molar-refractivity contribution < 1.29 is 4.79 Å². The number of allylic oxidation sites excluding steroid dienone is 1. The highest BCUT2D eigenvalue weighted by atomic mass is 31.0. The van der Waals surface area contributed by atoms with Crippen molar-refractivity contribution in [2.24, 2.45) is 0 Å². The predicted molar refractivity (Wildman–Crippen MR) is 34.1 cm³/mol. The first kappa shape index (κ1) is 6.84. The Morgan fingerprint density at radius 1 is 1.86 bits per heavy atom. The van der Waals surface area contributed by atoms with Crippen molar-refractivity contribution in [2.75, 3.05) is 0 Å². The Kier molecular flexibility index (Phi) is 2.86. The van der Waals surface area contributed by atoms with Crippen LogP contribution < -0.4 is 0 Å². The Morgan fingerprint density at radius 3 is 2.29 bits per heavy atom. The average Bonchev–Trinajstić information content (AvgIpc) is 1.65. The molecular weight excluding hydrogens is 107 g/mol. The topological polar surface area (TPSA) is 17.1 Å². The molecule has 7 heavy (non-hydrogen) atoms. The van der Waals surface area contributed by atoms with E-state index in [1.807, 2.05) is 6.92 Å². The smallest absolute Gasteiger partial charge is 0.161 e. The zero-order chi connectivity index (χ0) is 5.86. The van der Waals surface area contributed by atoms with E-state index in [-0.39, 0.29) is 5.78 Å². The molecule has 0 fully saturated rings. The monoisotopic (exact) mass is 116 g/mol. The highest BCUT2D eigenvalue weighted by Gasteiger charge is 1.93. The van der Waals surface area contributed by atoms with Gasteiger partial charge in [-0.15, -0.1) is 9.24 Å². The lowest BCUT2D eigenvalue weighted by Gasteiger charge is -1.87. The fraction of sp³-hybridized carbons (Fsp3) is 0.400. The number of Topliss-reactive ketones (excluding diaryl/α,β-unsaturated/α-hetero) is 1. The molecule has 0 spiro atoms. The molecule has 40 valence electrons. The highest BCUT2D eigenvalue weighted by molar-refractivity contribution is 7.24. The average molecular weight is 116 g/mol. The van der Waals surface area contributed by atoms with Gasteiger partial charge in [0.1, 0.15) is 0 Å². The van der Waals surface area contributed by atoms with Gasteiger partial charge in [-0.25, -0.2) is 0 Å². The van der Waals surface area contributed by atoms with Crippen LogP contribution in [0.1, 0.15) is 13.3 Å². The molecule has 0 radical (unpaired) electrons. The van der Waals surface area contributed by atoms with Gasteiger partial charge in [-0.05, 0) is 0 Å². The van der Waals surface area contributed by atoms with Crippen molar-refractivity contribution in [1.82, 2.24) is 0 Å². The number of carbonyl (C=O) groups excluding carboxylic acids is 1. The molecule has 0 bridgehead atoms. The second kappa shape index (κ2) is 2.92. The molecule has 0 rings (SSSR count). The molecule has 0 N–H and O–H groups in total. The Labute approximate surface area is 46.0 Å². The third kappa shape index (κ3) is 2.52. The molecule has 0 heterocycles. The third-order valence-electron chi connectivity index (χ3n) is 0.679. The predicted octanol–water partition coefficient (Wildman–Crippen LogP) is 1.35. The van der Waals surface area contributed by atoms with Crippen LogP contribution in [-0.2, 0) is 4.79 Å². The maximum atomic E-state index is 10.4. The van der Waals surface area contributed by atoms with Gasteiger partial charge in [-0.2, -0.15) is 0 Å². The molecule has 1 atom stereocenters. The van der Waals surface area contributed by atoms with E-state index in [0.29, 0.717) is 11.7 Å². The van der Waals surface area contributed by atoms with E-state index < -0.39 is 0 Å². The molecule has 2 heteroatoms. The highest BCUT2D eigenvalue weighted by Crippen LogP contribution is 2.03. The third-order valence-corrected chi connectivity index (χ3v) is 1.00. The number of hydrogen-bond donors (Lipinski definition) is 0. The van der Waals surface area contributed by atoms with E-state index in [2.05, 4.69) is 15.8 Å². The lowest BCUT2D eigenvalue weighted by atomic mass is 10.3. The minimum Gasteiger partial charge on any atom is -0.294 e. The summed E-state index contributed by atoms with van der Waals surface area (Å²) in [6.07, 6.45) is 0.558. The van der Waals surface area contributed by atoms with Gasteiger partial charge in [0.05, 0.1) is 0 Å². The standard InChI is InChI=1S/C5H9OP/c1-3-5(6)4(2)7/h2-3,7H2,1H3. The van der Waals surface area contributed by atoms with Crippen LogP contribution in [0.15, 0.2) is 11.9 Å². The van der Waals surface area contributed by atoms with Crippen molar-refractivity contribution in [1.29, 1.82) is 0 Å². The van der Waals surface area contributed by atoms with E-state index >= 15 is 0 Å². The van der Waals surface area contributed by atoms with Crippen LogP contribution >= 0.6 is 9.24 Å². The number of carbonyl (C=O) groups is 1. The molecule has 0 aliphatic heterocycles. The van der Waals surface area contributed by atoms with E-state index in [0.717, 1.165) is 0 Å². The van der Waals surface area contributed by atoms with Crippen molar-refractivity contribution >= 4 is 15.0 Å². The molecule has 1 unspecified atom stereocenters. The van der Waals surface area contributed by atoms with Crippen LogP contribution in [-0.4, -0.2) is 5.78 Å². The molecule has 0 saturated heterocycles. The first-order chi connectivity index (χ1) is 3.18. The van der Waals surface area contributed by atoms with E-state index in [9.17, 15) is 4.79 Å². The summed E-state index contributed by atoms with van der Waals surface area (Å²) >= 11 is 0. The molecule has 0 aromatic rings. The van der Waals surface area contributed by atoms with Gasteiger partial charge in [0.15, 0.2) is 5.78 Å². The Morgan fingerprint density at radius 2 is 2.29 bits per heavy atom. The van der Waals surface area contributed by atoms with E-state index in [1.165, 1.54) is 0 Å². The molecule has 0 aromatic carbocycles. The van der Waals surface area contributed by atoms with Crippen molar-refractivity contribution in [3.05, 3.63) is 11.9 Å². The van der Waals surface area contributed by atoms with Crippen LogP contribution in [0.4, 0.5) is 0 Å². The number of hydrogen-bond acceptors (Lipinski definition) is 1. The Bertz CT molecular complexity index is 96.3. The summed E-state index contributed by atoms with van der Waals surface area (Å²) in [7, 11) is 2.27. The fourth-order valence-electron chi connectivity index (χ4n) is 0.227. The van der Waals surface area contributed by atoms with Gasteiger partial charge in [0.2, 0.25) is 0 Å². The van der Waals surface area contributed by atoms with Gasteiger partial charge >= 0.3 is 0 Å². The lowest BCUT2D eigenvalue weighted by molar-refractivity contribution is -0.114. The zero-order valence-electron chi connectivity index (χ0n) is 4.40. The van der Waals surface area contributed by atoms with Crippen LogP contribution in [0.25, 0.3) is 0 Å². The first-order valence-electron chi connectivity index (χ1n) is 2.16. The summed E-state index contributed by atoms with van der Waals surface area (Å²) in [4.78, 5) is 10.4. The molecular formula is C5H9OP. The second-order valence-corrected chi connectivity index (χ2v) is 2.00. The summed E-state index contributed by atoms with van der Waals surface area (Å²) < 4.78 is 0. The first-order valence-corrected chi connectivity index (χ1v) is 2.73. The van der Waals surface area contributed by atoms with Crippen LogP contribution in [0.2, 0.25) is 0 Å². The zero-order valence-corrected chi connectivity index (χ0v) is 5.55. The quantitative estimate of drug-likeness (QED) is 0.393. The molecule has 0 aliphatic rings. The summed E-state index contributed by atoms with van der Waals surface area (Å²) in [5, 5.41) is 0.572. The lowest BCUT2D eigenvalue weighted by Crippen LogP contribution is -1.90. The maximum absolute atomic E-state index is 10.4. The normalized spacial score (nSPS) is 8.29. The molecule has 0 amide bonds. The largest absolute Gasteiger partial charge is 0.294 e. The van der Waals surface area contributed by atoms with Gasteiger partial charge in [0.25, 0.3) is 0 Å². The van der Waals surface area contributed by atoms with Crippen LogP contribution in [0, 0.1) is 0 Å². The summed E-state index contributed by atoms with van der Waals surface area (Å²) in [6.45, 7) is 5.26. The van der Waals surface area contributed by atoms with Crippen molar-refractivity contribution in [3.63, 3.8) is 0 Å². The summed E-state index contributed by atoms with van der Waals surface area (Å²) in [5.41, 5.74) is 0. The van der Waals surface area contributed by atoms with E-state index in [4.69, 9.17) is 0 Å². The minimum atomic E-state index is 0.116. The minimum absolute atomic E-state index is 0.116. The molecule has 1 nitrogen and oxygen atoms in total. The summed E-state index contributed by atoms with van der Waals surface area (Å²) in [6, 6.07) is 0. The Hall–Kier alpha value is -0.160. The molecule has 0 saturated carbocycles. The van der Waals surface area contributed by atoms with E-state index in [1.54, 1.807) is 0 Å². The van der Waals surface area contributed by atoms with Gasteiger partial charge in [-0.1, -0.05) is 13.5 Å². The van der Waals surface area contributed by atoms with Gasteiger partial charge in [-0.3, -0.25) is 4.79 Å². The Balaban J connectivity index is 3.58. The SMILES string of the molecule is C=C(P)C(=O)CC. The molecule has 0 aliphatic carbocycles. The fourth-order valence-corrected chi connectivity index (χ4v) is 0.431.